The highest BCUT2D eigenvalue weighted by Gasteiger charge is 2.35. The summed E-state index contributed by atoms with van der Waals surface area (Å²) in [5, 5.41) is 8.29. The maximum atomic E-state index is 4.92. The molecule has 25 heavy (non-hydrogen) atoms. The Morgan fingerprint density at radius 2 is 1.80 bits per heavy atom. The van der Waals surface area contributed by atoms with Gasteiger partial charge in [-0.25, -0.2) is 4.99 Å². The first-order chi connectivity index (χ1) is 12.3. The Kier molecular flexibility index (Phi) is 5.28. The maximum absolute atomic E-state index is 4.92. The van der Waals surface area contributed by atoms with Gasteiger partial charge in [0.05, 0.1) is 18.3 Å². The molecule has 3 aliphatic rings. The molecule has 3 fully saturated rings. The van der Waals surface area contributed by atoms with E-state index in [1.165, 1.54) is 64.5 Å². The molecule has 5 heteroatoms. The second-order valence-corrected chi connectivity index (χ2v) is 8.11. The molecule has 2 aliphatic carbocycles. The summed E-state index contributed by atoms with van der Waals surface area (Å²) in [4.78, 5) is 7.42. The van der Waals surface area contributed by atoms with Crippen molar-refractivity contribution in [3.05, 3.63) is 18.0 Å². The van der Waals surface area contributed by atoms with Crippen molar-refractivity contribution in [2.75, 3.05) is 19.6 Å². The van der Waals surface area contributed by atoms with Crippen molar-refractivity contribution >= 4 is 5.96 Å². The second kappa shape index (κ2) is 7.79. The van der Waals surface area contributed by atoms with Gasteiger partial charge in [-0.15, -0.1) is 0 Å². The summed E-state index contributed by atoms with van der Waals surface area (Å²) < 4.78 is 2.18. The van der Waals surface area contributed by atoms with Crippen LogP contribution in [0, 0.1) is 11.8 Å². The molecule has 2 unspecified atom stereocenters. The van der Waals surface area contributed by atoms with Crippen LogP contribution >= 0.6 is 0 Å². The largest absolute Gasteiger partial charge is 0.357 e. The molecule has 0 spiro atoms. The average Bonchev–Trinajstić information content (AvgIpc) is 3.38. The summed E-state index contributed by atoms with van der Waals surface area (Å²) in [5.74, 6) is 2.87. The molecule has 1 aromatic heterocycles. The number of aromatic nitrogens is 2. The first-order valence-electron chi connectivity index (χ1n) is 10.4. The van der Waals surface area contributed by atoms with Crippen molar-refractivity contribution in [2.24, 2.45) is 16.8 Å². The fourth-order valence-corrected chi connectivity index (χ4v) is 4.99. The molecule has 0 radical (unpaired) electrons. The van der Waals surface area contributed by atoms with Gasteiger partial charge in [0.1, 0.15) is 0 Å². The zero-order valence-electron chi connectivity index (χ0n) is 15.7. The Bertz CT molecular complexity index is 573. The summed E-state index contributed by atoms with van der Waals surface area (Å²) in [7, 11) is 0. The first-order valence-corrected chi connectivity index (χ1v) is 10.4. The minimum absolute atomic E-state index is 0.618. The molecule has 2 heterocycles. The summed E-state index contributed by atoms with van der Waals surface area (Å²) in [6, 6.07) is 2.77. The number of hydrogen-bond donors (Lipinski definition) is 1. The molecule has 5 nitrogen and oxygen atoms in total. The lowest BCUT2D eigenvalue weighted by Gasteiger charge is -2.22. The molecule has 1 aromatic rings. The van der Waals surface area contributed by atoms with Crippen LogP contribution in [0.4, 0.5) is 0 Å². The Morgan fingerprint density at radius 3 is 2.48 bits per heavy atom. The van der Waals surface area contributed by atoms with Gasteiger partial charge in [-0.1, -0.05) is 25.7 Å². The molecule has 1 N–H and O–H groups in total. The van der Waals surface area contributed by atoms with Crippen molar-refractivity contribution in [3.8, 4) is 0 Å². The quantitative estimate of drug-likeness (QED) is 0.671. The zero-order valence-corrected chi connectivity index (χ0v) is 15.7. The lowest BCUT2D eigenvalue weighted by molar-refractivity contribution is 0.299. The number of rotatable bonds is 4. The summed E-state index contributed by atoms with van der Waals surface area (Å²) >= 11 is 0. The van der Waals surface area contributed by atoms with E-state index in [0.717, 1.165) is 30.0 Å². The zero-order chi connectivity index (χ0) is 17.1. The van der Waals surface area contributed by atoms with Gasteiger partial charge >= 0.3 is 0 Å². The van der Waals surface area contributed by atoms with Crippen LogP contribution in [0.25, 0.3) is 0 Å². The highest BCUT2D eigenvalue weighted by Crippen LogP contribution is 2.36. The van der Waals surface area contributed by atoms with E-state index >= 15 is 0 Å². The van der Waals surface area contributed by atoms with E-state index in [4.69, 9.17) is 10.1 Å². The number of nitrogens with zero attached hydrogens (tertiary/aromatic N) is 4. The fraction of sp³-hybridized carbons (Fsp3) is 0.800. The summed E-state index contributed by atoms with van der Waals surface area (Å²) in [6.07, 6.45) is 13.1. The maximum Gasteiger partial charge on any atom is 0.194 e. The van der Waals surface area contributed by atoms with E-state index in [0.29, 0.717) is 12.6 Å². The molecule has 0 bridgehead atoms. The third kappa shape index (κ3) is 3.85. The van der Waals surface area contributed by atoms with E-state index in [9.17, 15) is 0 Å². The van der Waals surface area contributed by atoms with E-state index in [2.05, 4.69) is 34.1 Å². The Hall–Kier alpha value is -1.52. The number of hydrogen-bond acceptors (Lipinski definition) is 2. The highest BCUT2D eigenvalue weighted by molar-refractivity contribution is 5.80. The van der Waals surface area contributed by atoms with E-state index < -0.39 is 0 Å². The lowest BCUT2D eigenvalue weighted by Crippen LogP contribution is -2.40. The molecule has 0 amide bonds. The highest BCUT2D eigenvalue weighted by atomic mass is 15.3. The third-order valence-electron chi connectivity index (χ3n) is 6.36. The minimum atomic E-state index is 0.618. The molecular formula is C20H33N5. The van der Waals surface area contributed by atoms with Gasteiger partial charge in [0, 0.05) is 25.8 Å². The van der Waals surface area contributed by atoms with Crippen LogP contribution in [0.1, 0.15) is 70.0 Å². The Labute approximate surface area is 151 Å². The average molecular weight is 344 g/mol. The normalized spacial score (nSPS) is 27.7. The smallest absolute Gasteiger partial charge is 0.194 e. The van der Waals surface area contributed by atoms with Crippen molar-refractivity contribution < 1.29 is 0 Å². The number of guanidine groups is 1. The summed E-state index contributed by atoms with van der Waals surface area (Å²) in [5.41, 5.74) is 1.10. The van der Waals surface area contributed by atoms with E-state index in [1.54, 1.807) is 0 Å². The third-order valence-corrected chi connectivity index (χ3v) is 6.36. The summed E-state index contributed by atoms with van der Waals surface area (Å²) in [6.45, 7) is 6.16. The van der Waals surface area contributed by atoms with Gasteiger partial charge < -0.3 is 10.2 Å². The van der Waals surface area contributed by atoms with Gasteiger partial charge in [0.25, 0.3) is 0 Å². The van der Waals surface area contributed by atoms with Crippen molar-refractivity contribution in [1.82, 2.24) is 20.0 Å². The molecule has 2 atom stereocenters. The number of likely N-dealkylation sites (tertiary alicyclic amines) is 1. The van der Waals surface area contributed by atoms with Crippen LogP contribution in [0.15, 0.2) is 17.3 Å². The van der Waals surface area contributed by atoms with Gasteiger partial charge in [-0.2, -0.15) is 5.10 Å². The van der Waals surface area contributed by atoms with Crippen LogP contribution in [0.5, 0.6) is 0 Å². The van der Waals surface area contributed by atoms with Gasteiger partial charge in [-0.3, -0.25) is 4.68 Å². The topological polar surface area (TPSA) is 45.5 Å². The van der Waals surface area contributed by atoms with Crippen LogP contribution in [0.3, 0.4) is 0 Å². The van der Waals surface area contributed by atoms with Crippen LogP contribution in [0.2, 0.25) is 0 Å². The molecule has 4 rings (SSSR count). The van der Waals surface area contributed by atoms with E-state index in [1.807, 2.05) is 0 Å². The molecule has 138 valence electrons. The molecule has 1 saturated heterocycles. The first kappa shape index (κ1) is 16.9. The van der Waals surface area contributed by atoms with Gasteiger partial charge in [0.2, 0.25) is 0 Å². The number of fused-ring (bicyclic) bond motifs is 1. The number of aliphatic imine (C=N–C) groups is 1. The molecular weight excluding hydrogens is 310 g/mol. The van der Waals surface area contributed by atoms with Crippen molar-refractivity contribution in [3.63, 3.8) is 0 Å². The van der Waals surface area contributed by atoms with Gasteiger partial charge in [-0.05, 0) is 50.5 Å². The Balaban J connectivity index is 1.40. The minimum Gasteiger partial charge on any atom is -0.357 e. The molecule has 0 aromatic carbocycles. The van der Waals surface area contributed by atoms with Gasteiger partial charge in [0.15, 0.2) is 5.96 Å². The second-order valence-electron chi connectivity index (χ2n) is 8.11. The van der Waals surface area contributed by atoms with Crippen LogP contribution < -0.4 is 5.32 Å². The van der Waals surface area contributed by atoms with E-state index in [-0.39, 0.29) is 0 Å². The fourth-order valence-electron chi connectivity index (χ4n) is 4.99. The lowest BCUT2D eigenvalue weighted by atomic mass is 9.82. The van der Waals surface area contributed by atoms with Crippen LogP contribution in [-0.4, -0.2) is 40.3 Å². The SMILES string of the molecule is CCNC(=NCc1ccn(C2CCCC2)n1)N1CC2CCCCC2C1. The molecule has 1 aliphatic heterocycles. The predicted octanol–water partition coefficient (Wildman–Crippen LogP) is 3.59. The van der Waals surface area contributed by atoms with Crippen molar-refractivity contribution in [1.29, 1.82) is 0 Å². The molecule has 2 saturated carbocycles. The van der Waals surface area contributed by atoms with Crippen LogP contribution in [-0.2, 0) is 6.54 Å². The Morgan fingerprint density at radius 1 is 1.12 bits per heavy atom. The number of nitrogens with one attached hydrogen (secondary N) is 1. The van der Waals surface area contributed by atoms with Crippen molar-refractivity contribution in [2.45, 2.75) is 70.9 Å². The standard InChI is InChI=1S/C20H33N5/c1-2-21-20(24-14-16-7-3-4-8-17(16)15-24)22-13-18-11-12-25(23-18)19-9-5-6-10-19/h11-12,16-17,19H,2-10,13-15H2,1H3,(H,21,22). The predicted molar refractivity (Wildman–Crippen MR) is 102 cm³/mol. The monoisotopic (exact) mass is 343 g/mol.